The number of hydrogen-bond acceptors (Lipinski definition) is 3. The predicted octanol–water partition coefficient (Wildman–Crippen LogP) is 4.35. The minimum atomic E-state index is -0.137. The first-order valence-electron chi connectivity index (χ1n) is 5.78. The standard InChI is InChI=1S/C15H12BrClO3/c1-19-10-4-5-11(14(8-10)20-2)15(18)9-3-6-13(17)12(16)7-9/h3-8H,1-2H3. The molecule has 3 nitrogen and oxygen atoms in total. The van der Waals surface area contributed by atoms with Crippen LogP contribution in [0.1, 0.15) is 15.9 Å². The fourth-order valence-electron chi connectivity index (χ4n) is 1.78. The molecule has 0 aliphatic carbocycles. The van der Waals surface area contributed by atoms with Crippen LogP contribution in [-0.2, 0) is 0 Å². The van der Waals surface area contributed by atoms with Crippen molar-refractivity contribution in [3.8, 4) is 11.5 Å². The van der Waals surface area contributed by atoms with Crippen molar-refractivity contribution >= 4 is 33.3 Å². The summed E-state index contributed by atoms with van der Waals surface area (Å²) in [6, 6.07) is 10.1. The van der Waals surface area contributed by atoms with Crippen LogP contribution >= 0.6 is 27.5 Å². The quantitative estimate of drug-likeness (QED) is 0.765. The van der Waals surface area contributed by atoms with Crippen LogP contribution in [0.4, 0.5) is 0 Å². The Kier molecular flexibility index (Phi) is 4.68. The van der Waals surface area contributed by atoms with Crippen LogP contribution in [0, 0.1) is 0 Å². The molecule has 0 aliphatic heterocycles. The average Bonchev–Trinajstić information content (AvgIpc) is 2.48. The Morgan fingerprint density at radius 1 is 1.10 bits per heavy atom. The van der Waals surface area contributed by atoms with Gasteiger partial charge in [0.25, 0.3) is 0 Å². The number of ether oxygens (including phenoxy) is 2. The molecular formula is C15H12BrClO3. The van der Waals surface area contributed by atoms with Crippen molar-refractivity contribution in [1.82, 2.24) is 0 Å². The summed E-state index contributed by atoms with van der Waals surface area (Å²) < 4.78 is 11.0. The average molecular weight is 356 g/mol. The van der Waals surface area contributed by atoms with E-state index in [9.17, 15) is 4.79 Å². The summed E-state index contributed by atoms with van der Waals surface area (Å²) in [5, 5.41) is 0.559. The van der Waals surface area contributed by atoms with Gasteiger partial charge in [-0.1, -0.05) is 11.6 Å². The van der Waals surface area contributed by atoms with Crippen LogP contribution in [0.3, 0.4) is 0 Å². The number of benzene rings is 2. The van der Waals surface area contributed by atoms with Gasteiger partial charge in [0.1, 0.15) is 11.5 Å². The Labute approximate surface area is 130 Å². The van der Waals surface area contributed by atoms with Crippen molar-refractivity contribution in [3.05, 3.63) is 57.0 Å². The molecule has 0 saturated heterocycles. The van der Waals surface area contributed by atoms with Crippen LogP contribution in [0.25, 0.3) is 0 Å². The molecule has 0 atom stereocenters. The molecule has 0 amide bonds. The fourth-order valence-corrected chi connectivity index (χ4v) is 2.28. The van der Waals surface area contributed by atoms with Gasteiger partial charge in [-0.3, -0.25) is 4.79 Å². The molecule has 2 aromatic carbocycles. The van der Waals surface area contributed by atoms with Gasteiger partial charge in [-0.2, -0.15) is 0 Å². The van der Waals surface area contributed by atoms with Gasteiger partial charge in [0, 0.05) is 16.1 Å². The molecule has 0 saturated carbocycles. The summed E-state index contributed by atoms with van der Waals surface area (Å²) in [5.74, 6) is 0.970. The highest BCUT2D eigenvalue weighted by molar-refractivity contribution is 9.10. The number of ketones is 1. The van der Waals surface area contributed by atoms with Gasteiger partial charge in [-0.15, -0.1) is 0 Å². The summed E-state index contributed by atoms with van der Waals surface area (Å²) in [5.41, 5.74) is 1.01. The smallest absolute Gasteiger partial charge is 0.196 e. The molecule has 2 rings (SSSR count). The SMILES string of the molecule is COc1ccc(C(=O)c2ccc(Cl)c(Br)c2)c(OC)c1. The molecule has 0 unspecified atom stereocenters. The summed E-state index contributed by atoms with van der Waals surface area (Å²) >= 11 is 9.24. The second-order valence-corrected chi connectivity index (χ2v) is 5.29. The van der Waals surface area contributed by atoms with Crippen LogP contribution in [0.2, 0.25) is 5.02 Å². The number of methoxy groups -OCH3 is 2. The van der Waals surface area contributed by atoms with Gasteiger partial charge in [0.05, 0.1) is 24.8 Å². The van der Waals surface area contributed by atoms with Crippen LogP contribution < -0.4 is 9.47 Å². The first kappa shape index (κ1) is 14.9. The van der Waals surface area contributed by atoms with E-state index in [1.807, 2.05) is 0 Å². The normalized spacial score (nSPS) is 10.2. The van der Waals surface area contributed by atoms with Gasteiger partial charge in [0.15, 0.2) is 5.78 Å². The van der Waals surface area contributed by atoms with E-state index in [4.69, 9.17) is 21.1 Å². The van der Waals surface area contributed by atoms with E-state index in [2.05, 4.69) is 15.9 Å². The minimum Gasteiger partial charge on any atom is -0.497 e. The van der Waals surface area contributed by atoms with Crippen molar-refractivity contribution < 1.29 is 14.3 Å². The number of halogens is 2. The molecule has 0 spiro atoms. The van der Waals surface area contributed by atoms with Crippen molar-refractivity contribution in [2.75, 3.05) is 14.2 Å². The third-order valence-electron chi connectivity index (χ3n) is 2.84. The number of hydrogen-bond donors (Lipinski definition) is 0. The van der Waals surface area contributed by atoms with Crippen molar-refractivity contribution in [1.29, 1.82) is 0 Å². The number of carbonyl (C=O) groups excluding carboxylic acids is 1. The van der Waals surface area contributed by atoms with Crippen LogP contribution in [0.15, 0.2) is 40.9 Å². The monoisotopic (exact) mass is 354 g/mol. The highest BCUT2D eigenvalue weighted by Crippen LogP contribution is 2.29. The van der Waals surface area contributed by atoms with Gasteiger partial charge in [0.2, 0.25) is 0 Å². The summed E-state index contributed by atoms with van der Waals surface area (Å²) in [6.45, 7) is 0. The summed E-state index contributed by atoms with van der Waals surface area (Å²) in [6.07, 6.45) is 0. The topological polar surface area (TPSA) is 35.5 Å². The van der Waals surface area contributed by atoms with Gasteiger partial charge < -0.3 is 9.47 Å². The zero-order chi connectivity index (χ0) is 14.7. The lowest BCUT2D eigenvalue weighted by molar-refractivity contribution is 0.103. The Hall–Kier alpha value is -1.52. The number of carbonyl (C=O) groups is 1. The maximum Gasteiger partial charge on any atom is 0.196 e. The molecule has 2 aromatic rings. The van der Waals surface area contributed by atoms with E-state index in [0.717, 1.165) is 0 Å². The van der Waals surface area contributed by atoms with Gasteiger partial charge >= 0.3 is 0 Å². The van der Waals surface area contributed by atoms with E-state index in [1.54, 1.807) is 43.5 Å². The van der Waals surface area contributed by atoms with E-state index >= 15 is 0 Å². The van der Waals surface area contributed by atoms with Gasteiger partial charge in [-0.25, -0.2) is 0 Å². The Morgan fingerprint density at radius 2 is 1.85 bits per heavy atom. The molecule has 0 aromatic heterocycles. The minimum absolute atomic E-state index is 0.137. The zero-order valence-electron chi connectivity index (χ0n) is 10.9. The second-order valence-electron chi connectivity index (χ2n) is 4.02. The molecule has 0 fully saturated rings. The molecular weight excluding hydrogens is 344 g/mol. The lowest BCUT2D eigenvalue weighted by atomic mass is 10.0. The molecule has 20 heavy (non-hydrogen) atoms. The third kappa shape index (κ3) is 2.97. The Bertz CT molecular complexity index is 656. The molecule has 104 valence electrons. The molecule has 0 N–H and O–H groups in total. The molecule has 0 aliphatic rings. The van der Waals surface area contributed by atoms with Crippen LogP contribution in [-0.4, -0.2) is 20.0 Å². The third-order valence-corrected chi connectivity index (χ3v) is 4.05. The summed E-state index contributed by atoms with van der Waals surface area (Å²) in [4.78, 5) is 12.5. The zero-order valence-corrected chi connectivity index (χ0v) is 13.3. The van der Waals surface area contributed by atoms with Crippen molar-refractivity contribution in [3.63, 3.8) is 0 Å². The highest BCUT2D eigenvalue weighted by atomic mass is 79.9. The maximum atomic E-state index is 12.5. The number of rotatable bonds is 4. The van der Waals surface area contributed by atoms with Crippen LogP contribution in [0.5, 0.6) is 11.5 Å². The highest BCUT2D eigenvalue weighted by Gasteiger charge is 2.16. The molecule has 0 radical (unpaired) electrons. The Morgan fingerprint density at radius 3 is 2.45 bits per heavy atom. The van der Waals surface area contributed by atoms with E-state index in [0.29, 0.717) is 32.1 Å². The maximum absolute atomic E-state index is 12.5. The fraction of sp³-hybridized carbons (Fsp3) is 0.133. The molecule has 5 heteroatoms. The molecule has 0 bridgehead atoms. The first-order valence-corrected chi connectivity index (χ1v) is 6.95. The van der Waals surface area contributed by atoms with Crippen molar-refractivity contribution in [2.24, 2.45) is 0 Å². The lowest BCUT2D eigenvalue weighted by Gasteiger charge is -2.10. The lowest BCUT2D eigenvalue weighted by Crippen LogP contribution is -2.04. The van der Waals surface area contributed by atoms with E-state index in [-0.39, 0.29) is 5.78 Å². The van der Waals surface area contributed by atoms with E-state index in [1.165, 1.54) is 7.11 Å². The predicted molar refractivity (Wildman–Crippen MR) is 82.1 cm³/mol. The summed E-state index contributed by atoms with van der Waals surface area (Å²) in [7, 11) is 3.08. The first-order chi connectivity index (χ1) is 9.56. The van der Waals surface area contributed by atoms with Gasteiger partial charge in [-0.05, 0) is 46.3 Å². The van der Waals surface area contributed by atoms with E-state index < -0.39 is 0 Å². The largest absolute Gasteiger partial charge is 0.497 e. The van der Waals surface area contributed by atoms with Crippen molar-refractivity contribution in [2.45, 2.75) is 0 Å². The Balaban J connectivity index is 2.44. The second kappa shape index (κ2) is 6.29. The molecule has 0 heterocycles.